The molecule has 0 fully saturated rings. The first kappa shape index (κ1) is 7.09. The van der Waals surface area contributed by atoms with Crippen LogP contribution in [0.3, 0.4) is 0 Å². The second kappa shape index (κ2) is 3.90. The summed E-state index contributed by atoms with van der Waals surface area (Å²) in [4.78, 5) is 0. The van der Waals surface area contributed by atoms with E-state index >= 15 is 0 Å². The van der Waals surface area contributed by atoms with Crippen molar-refractivity contribution < 1.29 is 9.84 Å². The Morgan fingerprint density at radius 3 is 3.30 bits per heavy atom. The fraction of sp³-hybridized carbons (Fsp3) is 0.250. The maximum Gasteiger partial charge on any atom is 0.106 e. The van der Waals surface area contributed by atoms with Crippen LogP contribution in [-0.4, -0.2) is 18.3 Å². The number of hydrogen-bond donors (Lipinski definition) is 1. The highest BCUT2D eigenvalue weighted by Crippen LogP contribution is 1.99. The molecule has 1 rings (SSSR count). The maximum absolute atomic E-state index is 8.71. The van der Waals surface area contributed by atoms with E-state index < -0.39 is 0 Å². The summed E-state index contributed by atoms with van der Waals surface area (Å²) in [6, 6.07) is 0. The standard InChI is InChI=1S/C8H10O2/c9-7-8-3-1-5-10-6-2-4-8/h1-5,9H,6-7H2. The van der Waals surface area contributed by atoms with Crippen LogP contribution in [0.1, 0.15) is 0 Å². The van der Waals surface area contributed by atoms with Crippen molar-refractivity contribution >= 4 is 0 Å². The molecule has 1 heterocycles. The summed E-state index contributed by atoms with van der Waals surface area (Å²) in [6.45, 7) is 0.661. The molecule has 2 nitrogen and oxygen atoms in total. The van der Waals surface area contributed by atoms with Gasteiger partial charge in [0.05, 0.1) is 12.9 Å². The number of hydrogen-bond acceptors (Lipinski definition) is 2. The van der Waals surface area contributed by atoms with Gasteiger partial charge in [-0.1, -0.05) is 12.2 Å². The number of rotatable bonds is 1. The number of aliphatic hydroxyl groups is 1. The fourth-order valence-corrected chi connectivity index (χ4v) is 0.690. The molecule has 54 valence electrons. The first-order chi connectivity index (χ1) is 4.93. The van der Waals surface area contributed by atoms with Gasteiger partial charge in [-0.25, -0.2) is 0 Å². The minimum atomic E-state index is 0.0842. The van der Waals surface area contributed by atoms with Gasteiger partial charge in [0.1, 0.15) is 6.61 Å². The first-order valence-corrected chi connectivity index (χ1v) is 3.18. The lowest BCUT2D eigenvalue weighted by molar-refractivity contribution is 0.288. The third-order valence-electron chi connectivity index (χ3n) is 1.19. The quantitative estimate of drug-likeness (QED) is 0.585. The second-order valence-electron chi connectivity index (χ2n) is 1.96. The molecule has 1 N–H and O–H groups in total. The van der Waals surface area contributed by atoms with E-state index in [4.69, 9.17) is 9.84 Å². The van der Waals surface area contributed by atoms with Crippen molar-refractivity contribution in [2.45, 2.75) is 0 Å². The molecule has 1 aliphatic rings. The number of aliphatic hydroxyl groups excluding tert-OH is 1. The molecule has 1 aliphatic heterocycles. The van der Waals surface area contributed by atoms with Crippen molar-refractivity contribution in [1.29, 1.82) is 0 Å². The molecule has 0 spiro atoms. The molecule has 0 amide bonds. The Labute approximate surface area is 60.1 Å². The highest BCUT2D eigenvalue weighted by Gasteiger charge is 1.88. The summed E-state index contributed by atoms with van der Waals surface area (Å²) in [5, 5.41) is 8.71. The molecular formula is C8H10O2. The van der Waals surface area contributed by atoms with Crippen molar-refractivity contribution in [3.05, 3.63) is 36.1 Å². The van der Waals surface area contributed by atoms with Crippen LogP contribution >= 0.6 is 0 Å². The van der Waals surface area contributed by atoms with Crippen LogP contribution in [-0.2, 0) is 4.74 Å². The highest BCUT2D eigenvalue weighted by molar-refractivity contribution is 5.24. The zero-order valence-electron chi connectivity index (χ0n) is 5.66. The van der Waals surface area contributed by atoms with Gasteiger partial charge in [-0.15, -0.1) is 0 Å². The molecule has 0 saturated heterocycles. The first-order valence-electron chi connectivity index (χ1n) is 3.18. The monoisotopic (exact) mass is 138 g/mol. The molecule has 0 aromatic carbocycles. The Balaban J connectivity index is 2.65. The lowest BCUT2D eigenvalue weighted by Crippen LogP contribution is -1.89. The van der Waals surface area contributed by atoms with E-state index in [1.807, 2.05) is 18.2 Å². The van der Waals surface area contributed by atoms with Crippen LogP contribution in [0.25, 0.3) is 0 Å². The van der Waals surface area contributed by atoms with Gasteiger partial charge >= 0.3 is 0 Å². The normalized spacial score (nSPS) is 17.1. The summed E-state index contributed by atoms with van der Waals surface area (Å²) in [5.41, 5.74) is 0.902. The van der Waals surface area contributed by atoms with Gasteiger partial charge < -0.3 is 9.84 Å². The summed E-state index contributed by atoms with van der Waals surface area (Å²) >= 11 is 0. The number of allylic oxidation sites excluding steroid dienone is 2. The molecule has 0 bridgehead atoms. The zero-order valence-corrected chi connectivity index (χ0v) is 5.66. The minimum Gasteiger partial charge on any atom is -0.497 e. The second-order valence-corrected chi connectivity index (χ2v) is 1.96. The van der Waals surface area contributed by atoms with E-state index in [0.29, 0.717) is 6.61 Å². The molecule has 0 unspecified atom stereocenters. The average Bonchev–Trinajstić information content (AvgIpc) is 1.87. The molecule has 0 radical (unpaired) electrons. The van der Waals surface area contributed by atoms with Crippen molar-refractivity contribution in [1.82, 2.24) is 0 Å². The SMILES string of the molecule is OCC1=CC=COCC=C1. The predicted octanol–water partition coefficient (Wildman–Crippen LogP) is 1.01. The van der Waals surface area contributed by atoms with Gasteiger partial charge in [-0.05, 0) is 17.7 Å². The van der Waals surface area contributed by atoms with E-state index in [9.17, 15) is 0 Å². The molecule has 0 aromatic rings. The maximum atomic E-state index is 8.71. The van der Waals surface area contributed by atoms with E-state index in [-0.39, 0.29) is 6.61 Å². The van der Waals surface area contributed by atoms with Crippen LogP contribution < -0.4 is 0 Å². The molecule has 0 saturated carbocycles. The Bertz CT molecular complexity index is 178. The Morgan fingerprint density at radius 1 is 1.60 bits per heavy atom. The highest BCUT2D eigenvalue weighted by atomic mass is 16.5. The topological polar surface area (TPSA) is 29.5 Å². The Morgan fingerprint density at radius 2 is 2.50 bits per heavy atom. The minimum absolute atomic E-state index is 0.0842. The van der Waals surface area contributed by atoms with Crippen molar-refractivity contribution in [2.24, 2.45) is 0 Å². The molecule has 2 heteroatoms. The van der Waals surface area contributed by atoms with E-state index in [1.54, 1.807) is 12.3 Å². The largest absolute Gasteiger partial charge is 0.497 e. The van der Waals surface area contributed by atoms with Gasteiger partial charge in [0, 0.05) is 0 Å². The molecule has 10 heavy (non-hydrogen) atoms. The van der Waals surface area contributed by atoms with Crippen LogP contribution in [0, 0.1) is 0 Å². The average molecular weight is 138 g/mol. The van der Waals surface area contributed by atoms with Crippen molar-refractivity contribution in [3.63, 3.8) is 0 Å². The Hall–Kier alpha value is -1.02. The predicted molar refractivity (Wildman–Crippen MR) is 39.4 cm³/mol. The van der Waals surface area contributed by atoms with Crippen LogP contribution in [0.15, 0.2) is 36.1 Å². The van der Waals surface area contributed by atoms with Gasteiger partial charge in [-0.3, -0.25) is 0 Å². The smallest absolute Gasteiger partial charge is 0.106 e. The van der Waals surface area contributed by atoms with Gasteiger partial charge in [-0.2, -0.15) is 0 Å². The van der Waals surface area contributed by atoms with Gasteiger partial charge in [0.15, 0.2) is 0 Å². The third kappa shape index (κ3) is 2.07. The van der Waals surface area contributed by atoms with E-state index in [1.165, 1.54) is 0 Å². The van der Waals surface area contributed by atoms with E-state index in [0.717, 1.165) is 5.57 Å². The number of ether oxygens (including phenoxy) is 1. The summed E-state index contributed by atoms with van der Waals surface area (Å²) < 4.78 is 4.97. The van der Waals surface area contributed by atoms with Gasteiger partial charge in [0.2, 0.25) is 0 Å². The lowest BCUT2D eigenvalue weighted by Gasteiger charge is -1.98. The molecule has 0 aliphatic carbocycles. The van der Waals surface area contributed by atoms with Crippen molar-refractivity contribution in [2.75, 3.05) is 13.2 Å². The van der Waals surface area contributed by atoms with E-state index in [2.05, 4.69) is 0 Å². The van der Waals surface area contributed by atoms with Gasteiger partial charge in [0.25, 0.3) is 0 Å². The summed E-state index contributed by atoms with van der Waals surface area (Å²) in [5.74, 6) is 0. The van der Waals surface area contributed by atoms with Crippen LogP contribution in [0.5, 0.6) is 0 Å². The summed E-state index contributed by atoms with van der Waals surface area (Å²) in [7, 11) is 0. The zero-order chi connectivity index (χ0) is 7.23. The van der Waals surface area contributed by atoms with Crippen LogP contribution in [0.2, 0.25) is 0 Å². The fourth-order valence-electron chi connectivity index (χ4n) is 0.690. The molecule has 0 atom stereocenters. The molecule has 0 aromatic heterocycles. The lowest BCUT2D eigenvalue weighted by atomic mass is 10.2. The summed E-state index contributed by atoms with van der Waals surface area (Å²) in [6.07, 6.45) is 8.92. The third-order valence-corrected chi connectivity index (χ3v) is 1.19. The Kier molecular flexibility index (Phi) is 2.77. The van der Waals surface area contributed by atoms with Crippen molar-refractivity contribution in [3.8, 4) is 0 Å². The van der Waals surface area contributed by atoms with Crippen LogP contribution in [0.4, 0.5) is 0 Å². The molecular weight excluding hydrogens is 128 g/mol.